The maximum atomic E-state index is 13.1. The zero-order valence-electron chi connectivity index (χ0n) is 19.2. The Labute approximate surface area is 180 Å². The minimum absolute atomic E-state index is 0.00504. The Bertz CT molecular complexity index is 888. The summed E-state index contributed by atoms with van der Waals surface area (Å²) < 4.78 is 5.89. The lowest BCUT2D eigenvalue weighted by Crippen LogP contribution is -2.50. The quantitative estimate of drug-likeness (QED) is 0.708. The first kappa shape index (κ1) is 23.5. The zero-order valence-corrected chi connectivity index (χ0v) is 19.2. The Balaban J connectivity index is 2.20. The number of rotatable bonds is 8. The first-order chi connectivity index (χ1) is 14.1. The third-order valence-electron chi connectivity index (χ3n) is 5.19. The maximum Gasteiger partial charge on any atom is 0.261 e. The van der Waals surface area contributed by atoms with E-state index in [0.717, 1.165) is 27.8 Å². The zero-order chi connectivity index (χ0) is 22.4. The topological polar surface area (TPSA) is 58.6 Å². The van der Waals surface area contributed by atoms with Gasteiger partial charge >= 0.3 is 0 Å². The van der Waals surface area contributed by atoms with E-state index in [-0.39, 0.29) is 24.5 Å². The van der Waals surface area contributed by atoms with Gasteiger partial charge in [0, 0.05) is 12.6 Å². The largest absolute Gasteiger partial charge is 0.483 e. The predicted octanol–water partition coefficient (Wildman–Crippen LogP) is 4.24. The molecule has 5 nitrogen and oxygen atoms in total. The number of ether oxygens (including phenoxy) is 1. The van der Waals surface area contributed by atoms with Crippen LogP contribution in [0.25, 0.3) is 0 Å². The van der Waals surface area contributed by atoms with Crippen molar-refractivity contribution < 1.29 is 14.3 Å². The lowest BCUT2D eigenvalue weighted by atomic mass is 10.1. The lowest BCUT2D eigenvalue weighted by molar-refractivity contribution is -0.142. The minimum Gasteiger partial charge on any atom is -0.483 e. The van der Waals surface area contributed by atoms with Crippen molar-refractivity contribution in [2.45, 2.75) is 67.1 Å². The molecule has 162 valence electrons. The molecule has 2 aromatic rings. The molecule has 0 saturated heterocycles. The van der Waals surface area contributed by atoms with Crippen LogP contribution >= 0.6 is 0 Å². The van der Waals surface area contributed by atoms with Crippen molar-refractivity contribution in [2.24, 2.45) is 0 Å². The van der Waals surface area contributed by atoms with Crippen molar-refractivity contribution in [1.82, 2.24) is 10.2 Å². The Hall–Kier alpha value is -2.82. The fourth-order valence-corrected chi connectivity index (χ4v) is 3.25. The fourth-order valence-electron chi connectivity index (χ4n) is 3.25. The van der Waals surface area contributed by atoms with Gasteiger partial charge in [0.15, 0.2) is 6.61 Å². The Morgan fingerprint density at radius 2 is 1.60 bits per heavy atom. The van der Waals surface area contributed by atoms with Gasteiger partial charge in [0.05, 0.1) is 0 Å². The first-order valence-corrected chi connectivity index (χ1v) is 10.4. The smallest absolute Gasteiger partial charge is 0.261 e. The maximum absolute atomic E-state index is 13.1. The van der Waals surface area contributed by atoms with Crippen molar-refractivity contribution in [3.8, 4) is 5.75 Å². The van der Waals surface area contributed by atoms with Crippen LogP contribution in [0.2, 0.25) is 0 Å². The number of nitrogens with one attached hydrogen (secondary N) is 1. The second-order valence-corrected chi connectivity index (χ2v) is 8.34. The van der Waals surface area contributed by atoms with Crippen LogP contribution in [0.3, 0.4) is 0 Å². The van der Waals surface area contributed by atoms with E-state index in [4.69, 9.17) is 4.74 Å². The van der Waals surface area contributed by atoms with Gasteiger partial charge in [0.25, 0.3) is 5.91 Å². The van der Waals surface area contributed by atoms with Crippen molar-refractivity contribution >= 4 is 11.8 Å². The van der Waals surface area contributed by atoms with Gasteiger partial charge in [0.1, 0.15) is 11.8 Å². The SMILES string of the molecule is Cc1ccc(CN(C(=O)COc2cc(C)cc(C)c2C)[C@@H](C)C(=O)NC(C)C)cc1. The molecule has 0 saturated carbocycles. The van der Waals surface area contributed by atoms with Crippen LogP contribution in [-0.2, 0) is 16.1 Å². The molecular formula is C25H34N2O3. The minimum atomic E-state index is -0.606. The molecule has 1 N–H and O–H groups in total. The lowest BCUT2D eigenvalue weighted by Gasteiger charge is -2.29. The summed E-state index contributed by atoms with van der Waals surface area (Å²) in [7, 11) is 0. The molecule has 0 aliphatic carbocycles. The molecule has 0 aromatic heterocycles. The molecule has 5 heteroatoms. The first-order valence-electron chi connectivity index (χ1n) is 10.4. The number of aryl methyl sites for hydroxylation is 3. The molecule has 0 aliphatic rings. The molecule has 2 amide bonds. The second-order valence-electron chi connectivity index (χ2n) is 8.34. The molecule has 0 spiro atoms. The molecule has 2 rings (SSSR count). The highest BCUT2D eigenvalue weighted by atomic mass is 16.5. The van der Waals surface area contributed by atoms with Crippen molar-refractivity contribution in [3.63, 3.8) is 0 Å². The molecule has 0 heterocycles. The highest BCUT2D eigenvalue weighted by Gasteiger charge is 2.27. The normalized spacial score (nSPS) is 11.9. The Kier molecular flexibility index (Phi) is 8.04. The van der Waals surface area contributed by atoms with E-state index >= 15 is 0 Å². The van der Waals surface area contributed by atoms with E-state index < -0.39 is 6.04 Å². The number of amides is 2. The third-order valence-corrected chi connectivity index (χ3v) is 5.19. The highest BCUT2D eigenvalue weighted by molar-refractivity contribution is 5.88. The average Bonchev–Trinajstić information content (AvgIpc) is 2.67. The number of carbonyl (C=O) groups excluding carboxylic acids is 2. The molecule has 0 bridgehead atoms. The van der Waals surface area contributed by atoms with Gasteiger partial charge in [-0.15, -0.1) is 0 Å². The van der Waals surface area contributed by atoms with E-state index in [9.17, 15) is 9.59 Å². The van der Waals surface area contributed by atoms with Gasteiger partial charge in [-0.1, -0.05) is 35.9 Å². The van der Waals surface area contributed by atoms with E-state index in [1.807, 2.05) is 71.9 Å². The Morgan fingerprint density at radius 1 is 0.967 bits per heavy atom. The summed E-state index contributed by atoms with van der Waals surface area (Å²) in [5, 5.41) is 2.90. The number of hydrogen-bond donors (Lipinski definition) is 1. The van der Waals surface area contributed by atoms with E-state index in [0.29, 0.717) is 12.3 Å². The number of hydrogen-bond acceptors (Lipinski definition) is 3. The average molecular weight is 411 g/mol. The number of carbonyl (C=O) groups is 2. The molecule has 1 atom stereocenters. The van der Waals surface area contributed by atoms with E-state index in [1.165, 1.54) is 0 Å². The van der Waals surface area contributed by atoms with Crippen LogP contribution in [-0.4, -0.2) is 35.4 Å². The molecular weight excluding hydrogens is 376 g/mol. The molecule has 0 unspecified atom stereocenters. The monoisotopic (exact) mass is 410 g/mol. The van der Waals surface area contributed by atoms with E-state index in [2.05, 4.69) is 11.4 Å². The summed E-state index contributed by atoms with van der Waals surface area (Å²) in [6, 6.07) is 11.4. The van der Waals surface area contributed by atoms with Crippen LogP contribution in [0, 0.1) is 27.7 Å². The van der Waals surface area contributed by atoms with Crippen molar-refractivity contribution in [2.75, 3.05) is 6.61 Å². The second kappa shape index (κ2) is 10.3. The van der Waals surface area contributed by atoms with Crippen molar-refractivity contribution in [3.05, 3.63) is 64.2 Å². The molecule has 30 heavy (non-hydrogen) atoms. The van der Waals surface area contributed by atoms with Crippen LogP contribution in [0.15, 0.2) is 36.4 Å². The van der Waals surface area contributed by atoms with Crippen LogP contribution in [0.4, 0.5) is 0 Å². The molecule has 2 aromatic carbocycles. The standard InChI is InChI=1S/C25H34N2O3/c1-16(2)26-25(29)21(7)27(14-22-10-8-17(3)9-11-22)24(28)15-30-23-13-18(4)12-19(5)20(23)6/h8-13,16,21H,14-15H2,1-7H3,(H,26,29)/t21-/m0/s1. The van der Waals surface area contributed by atoms with Gasteiger partial charge in [0.2, 0.25) is 5.91 Å². The summed E-state index contributed by atoms with van der Waals surface area (Å²) in [6.45, 7) is 13.8. The van der Waals surface area contributed by atoms with Gasteiger partial charge in [-0.05, 0) is 76.8 Å². The highest BCUT2D eigenvalue weighted by Crippen LogP contribution is 2.23. The number of benzene rings is 2. The third kappa shape index (κ3) is 6.34. The fraction of sp³-hybridized carbons (Fsp3) is 0.440. The Morgan fingerprint density at radius 3 is 2.20 bits per heavy atom. The van der Waals surface area contributed by atoms with Gasteiger partial charge < -0.3 is 15.0 Å². The van der Waals surface area contributed by atoms with Gasteiger partial charge in [-0.3, -0.25) is 9.59 Å². The molecule has 0 aliphatic heterocycles. The van der Waals surface area contributed by atoms with E-state index in [1.54, 1.807) is 11.8 Å². The van der Waals surface area contributed by atoms with Gasteiger partial charge in [-0.25, -0.2) is 0 Å². The van der Waals surface area contributed by atoms with Crippen molar-refractivity contribution in [1.29, 1.82) is 0 Å². The summed E-state index contributed by atoms with van der Waals surface area (Å²) in [6.07, 6.45) is 0. The summed E-state index contributed by atoms with van der Waals surface area (Å²) in [4.78, 5) is 27.3. The predicted molar refractivity (Wildman–Crippen MR) is 121 cm³/mol. The molecule has 0 radical (unpaired) electrons. The summed E-state index contributed by atoms with van der Waals surface area (Å²) >= 11 is 0. The summed E-state index contributed by atoms with van der Waals surface area (Å²) in [5.74, 6) is 0.309. The van der Waals surface area contributed by atoms with Crippen LogP contribution in [0.1, 0.15) is 48.6 Å². The van der Waals surface area contributed by atoms with Crippen LogP contribution < -0.4 is 10.1 Å². The van der Waals surface area contributed by atoms with Crippen LogP contribution in [0.5, 0.6) is 5.75 Å². The van der Waals surface area contributed by atoms with Gasteiger partial charge in [-0.2, -0.15) is 0 Å². The summed E-state index contributed by atoms with van der Waals surface area (Å²) in [5.41, 5.74) is 5.35. The number of nitrogens with zero attached hydrogens (tertiary/aromatic N) is 1. The molecule has 0 fully saturated rings.